The first-order valence-electron chi connectivity index (χ1n) is 6.28. The van der Waals surface area contributed by atoms with E-state index >= 15 is 0 Å². The average molecular weight is 335 g/mol. The van der Waals surface area contributed by atoms with Crippen molar-refractivity contribution in [3.8, 4) is 0 Å². The molecule has 2 aromatic heterocycles. The molecular formula is C14H15BrN4O. The molecule has 6 heteroatoms. The number of hydrogen-bond acceptors (Lipinski definition) is 4. The largest absolute Gasteiger partial charge is 0.370 e. The zero-order valence-electron chi connectivity index (χ0n) is 11.1. The van der Waals surface area contributed by atoms with Gasteiger partial charge < -0.3 is 10.6 Å². The number of halogens is 1. The molecule has 20 heavy (non-hydrogen) atoms. The Kier molecular flexibility index (Phi) is 5.06. The van der Waals surface area contributed by atoms with Crippen LogP contribution >= 0.6 is 15.9 Å². The molecule has 0 aliphatic rings. The van der Waals surface area contributed by atoms with Crippen LogP contribution in [-0.2, 0) is 6.54 Å². The van der Waals surface area contributed by atoms with Crippen molar-refractivity contribution in [2.75, 3.05) is 11.9 Å². The molecule has 0 aliphatic carbocycles. The molecule has 0 saturated carbocycles. The molecule has 2 heterocycles. The van der Waals surface area contributed by atoms with Gasteiger partial charge in [0.05, 0.1) is 17.8 Å². The molecule has 104 valence electrons. The molecule has 2 N–H and O–H groups in total. The first kappa shape index (κ1) is 14.5. The fourth-order valence-corrected chi connectivity index (χ4v) is 2.02. The highest BCUT2D eigenvalue weighted by molar-refractivity contribution is 9.10. The minimum Gasteiger partial charge on any atom is -0.370 e. The Bertz CT molecular complexity index is 589. The highest BCUT2D eigenvalue weighted by atomic mass is 79.9. The number of pyridine rings is 2. The van der Waals surface area contributed by atoms with Gasteiger partial charge >= 0.3 is 0 Å². The van der Waals surface area contributed by atoms with Gasteiger partial charge in [-0.05, 0) is 41.1 Å². The number of carbonyl (C=O) groups is 1. The van der Waals surface area contributed by atoms with Crippen LogP contribution in [0.2, 0.25) is 0 Å². The minimum atomic E-state index is -0.180. The SMILES string of the molecule is CCNc1ncc(Br)cc1C(=O)NCc1ccccn1. The van der Waals surface area contributed by atoms with Crippen molar-refractivity contribution in [3.05, 3.63) is 52.4 Å². The first-order chi connectivity index (χ1) is 9.70. The maximum atomic E-state index is 12.2. The maximum Gasteiger partial charge on any atom is 0.255 e. The number of nitrogens with one attached hydrogen (secondary N) is 2. The van der Waals surface area contributed by atoms with E-state index in [0.29, 0.717) is 24.5 Å². The van der Waals surface area contributed by atoms with Gasteiger partial charge in [0.15, 0.2) is 0 Å². The number of carbonyl (C=O) groups excluding carboxylic acids is 1. The maximum absolute atomic E-state index is 12.2. The van der Waals surface area contributed by atoms with Gasteiger partial charge in [0.1, 0.15) is 5.82 Å². The Hall–Kier alpha value is -1.95. The molecule has 0 radical (unpaired) electrons. The normalized spacial score (nSPS) is 10.1. The molecular weight excluding hydrogens is 320 g/mol. The lowest BCUT2D eigenvalue weighted by Crippen LogP contribution is -2.24. The molecule has 2 rings (SSSR count). The topological polar surface area (TPSA) is 66.9 Å². The summed E-state index contributed by atoms with van der Waals surface area (Å²) in [7, 11) is 0. The van der Waals surface area contributed by atoms with Crippen LogP contribution in [0.3, 0.4) is 0 Å². The smallest absolute Gasteiger partial charge is 0.255 e. The van der Waals surface area contributed by atoms with E-state index < -0.39 is 0 Å². The van der Waals surface area contributed by atoms with Crippen LogP contribution in [0.15, 0.2) is 41.1 Å². The fourth-order valence-electron chi connectivity index (χ4n) is 1.69. The van der Waals surface area contributed by atoms with Crippen LogP contribution in [0.4, 0.5) is 5.82 Å². The second-order valence-corrected chi connectivity index (χ2v) is 5.00. The van der Waals surface area contributed by atoms with Gasteiger partial charge in [-0.2, -0.15) is 0 Å². The van der Waals surface area contributed by atoms with Gasteiger partial charge in [-0.15, -0.1) is 0 Å². The fraction of sp³-hybridized carbons (Fsp3) is 0.214. The molecule has 1 amide bonds. The zero-order valence-corrected chi connectivity index (χ0v) is 12.6. The molecule has 0 aliphatic heterocycles. The van der Waals surface area contributed by atoms with E-state index in [9.17, 15) is 4.79 Å². The molecule has 0 saturated heterocycles. The summed E-state index contributed by atoms with van der Waals surface area (Å²) in [6.45, 7) is 3.05. The molecule has 0 spiro atoms. The standard InChI is InChI=1S/C14H15BrN4O/c1-2-16-13-12(7-10(15)8-18-13)14(20)19-9-11-5-3-4-6-17-11/h3-8H,2,9H2,1H3,(H,16,18)(H,19,20). The number of nitrogens with zero attached hydrogens (tertiary/aromatic N) is 2. The van der Waals surface area contributed by atoms with Gasteiger partial charge in [-0.3, -0.25) is 9.78 Å². The Morgan fingerprint density at radius 2 is 2.20 bits per heavy atom. The molecule has 0 fully saturated rings. The molecule has 0 unspecified atom stereocenters. The number of amides is 1. The summed E-state index contributed by atoms with van der Waals surface area (Å²) >= 11 is 3.33. The number of hydrogen-bond donors (Lipinski definition) is 2. The third-order valence-electron chi connectivity index (χ3n) is 2.60. The van der Waals surface area contributed by atoms with Gasteiger partial charge in [-0.25, -0.2) is 4.98 Å². The zero-order chi connectivity index (χ0) is 14.4. The number of rotatable bonds is 5. The Morgan fingerprint density at radius 3 is 2.90 bits per heavy atom. The van der Waals surface area contributed by atoms with E-state index in [1.807, 2.05) is 25.1 Å². The highest BCUT2D eigenvalue weighted by Crippen LogP contribution is 2.18. The second-order valence-electron chi connectivity index (χ2n) is 4.08. The predicted octanol–water partition coefficient (Wildman–Crippen LogP) is 2.60. The van der Waals surface area contributed by atoms with E-state index in [1.54, 1.807) is 18.5 Å². The van der Waals surface area contributed by atoms with Crippen molar-refractivity contribution in [1.29, 1.82) is 0 Å². The summed E-state index contributed by atoms with van der Waals surface area (Å²) in [5.41, 5.74) is 1.32. The van der Waals surface area contributed by atoms with Crippen LogP contribution in [0.25, 0.3) is 0 Å². The second kappa shape index (κ2) is 7.00. The van der Waals surface area contributed by atoms with Crippen molar-refractivity contribution >= 4 is 27.7 Å². The molecule has 2 aromatic rings. The lowest BCUT2D eigenvalue weighted by molar-refractivity contribution is 0.0951. The Labute approximate surface area is 126 Å². The van der Waals surface area contributed by atoms with Gasteiger partial charge in [0.2, 0.25) is 0 Å². The summed E-state index contributed by atoms with van der Waals surface area (Å²) in [6.07, 6.45) is 3.36. The lowest BCUT2D eigenvalue weighted by Gasteiger charge is -2.10. The minimum absolute atomic E-state index is 0.180. The van der Waals surface area contributed by atoms with E-state index in [2.05, 4.69) is 36.5 Å². The molecule has 0 bridgehead atoms. The lowest BCUT2D eigenvalue weighted by atomic mass is 10.2. The summed E-state index contributed by atoms with van der Waals surface area (Å²) in [5.74, 6) is 0.398. The van der Waals surface area contributed by atoms with Crippen molar-refractivity contribution in [1.82, 2.24) is 15.3 Å². The quantitative estimate of drug-likeness (QED) is 0.881. The van der Waals surface area contributed by atoms with E-state index in [0.717, 1.165) is 10.2 Å². The number of anilines is 1. The van der Waals surface area contributed by atoms with Crippen LogP contribution in [-0.4, -0.2) is 22.4 Å². The van der Waals surface area contributed by atoms with Gasteiger partial charge in [0.25, 0.3) is 5.91 Å². The predicted molar refractivity (Wildman–Crippen MR) is 81.5 cm³/mol. The molecule has 5 nitrogen and oxygen atoms in total. The van der Waals surface area contributed by atoms with Crippen LogP contribution in [0, 0.1) is 0 Å². The monoisotopic (exact) mass is 334 g/mol. The average Bonchev–Trinajstić information content (AvgIpc) is 2.48. The Balaban J connectivity index is 2.10. The van der Waals surface area contributed by atoms with Crippen molar-refractivity contribution in [2.45, 2.75) is 13.5 Å². The third kappa shape index (κ3) is 3.77. The summed E-state index contributed by atoms with van der Waals surface area (Å²) < 4.78 is 0.766. The molecule has 0 aromatic carbocycles. The van der Waals surface area contributed by atoms with Gasteiger partial charge in [-0.1, -0.05) is 6.07 Å². The molecule has 0 atom stereocenters. The summed E-state index contributed by atoms with van der Waals surface area (Å²) in [6, 6.07) is 7.34. The van der Waals surface area contributed by atoms with Crippen LogP contribution in [0.5, 0.6) is 0 Å². The van der Waals surface area contributed by atoms with E-state index in [1.165, 1.54) is 0 Å². The van der Waals surface area contributed by atoms with Crippen molar-refractivity contribution in [3.63, 3.8) is 0 Å². The number of aromatic nitrogens is 2. The summed E-state index contributed by atoms with van der Waals surface area (Å²) in [4.78, 5) is 20.6. The van der Waals surface area contributed by atoms with Crippen molar-refractivity contribution in [2.24, 2.45) is 0 Å². The van der Waals surface area contributed by atoms with Crippen LogP contribution in [0.1, 0.15) is 23.0 Å². The Morgan fingerprint density at radius 1 is 1.35 bits per heavy atom. The first-order valence-corrected chi connectivity index (χ1v) is 7.07. The van der Waals surface area contributed by atoms with Crippen molar-refractivity contribution < 1.29 is 4.79 Å². The van der Waals surface area contributed by atoms with Gasteiger partial charge in [0, 0.05) is 23.4 Å². The third-order valence-corrected chi connectivity index (χ3v) is 3.03. The van der Waals surface area contributed by atoms with E-state index in [-0.39, 0.29) is 5.91 Å². The van der Waals surface area contributed by atoms with E-state index in [4.69, 9.17) is 0 Å². The summed E-state index contributed by atoms with van der Waals surface area (Å²) in [5, 5.41) is 5.91. The van der Waals surface area contributed by atoms with Crippen LogP contribution < -0.4 is 10.6 Å². The highest BCUT2D eigenvalue weighted by Gasteiger charge is 2.13.